The maximum absolute atomic E-state index is 6.85. The van der Waals surface area contributed by atoms with Crippen LogP contribution in [0.5, 0.6) is 11.5 Å². The third-order valence-corrected chi connectivity index (χ3v) is 11.4. The van der Waals surface area contributed by atoms with Gasteiger partial charge >= 0.3 is 0 Å². The van der Waals surface area contributed by atoms with Gasteiger partial charge in [0.2, 0.25) is 0 Å². The average Bonchev–Trinajstić information content (AvgIpc) is 3.18. The Kier molecular flexibility index (Phi) is 13.4. The van der Waals surface area contributed by atoms with E-state index in [-0.39, 0.29) is 0 Å². The minimum absolute atomic E-state index is 0.419. The first-order valence-electron chi connectivity index (χ1n) is 16.4. The molecule has 248 valence electrons. The van der Waals surface area contributed by atoms with Crippen molar-refractivity contribution in [2.24, 2.45) is 0 Å². The topological polar surface area (TPSA) is 46.2 Å². The van der Waals surface area contributed by atoms with Crippen molar-refractivity contribution in [3.63, 3.8) is 0 Å². The van der Waals surface area contributed by atoms with Gasteiger partial charge in [-0.05, 0) is 12.1 Å². The summed E-state index contributed by atoms with van der Waals surface area (Å²) in [5.41, 5.74) is 1.96. The Morgan fingerprint density at radius 3 is 1.20 bits per heavy atom. The monoisotopic (exact) mass is 686 g/mol. The summed E-state index contributed by atoms with van der Waals surface area (Å²) in [4.78, 5) is 0. The van der Waals surface area contributed by atoms with Gasteiger partial charge in [-0.1, -0.05) is 158 Å². The molecule has 0 atom stereocenters. The fourth-order valence-electron chi connectivity index (χ4n) is 5.21. The Hall–Kier alpha value is -4.34. The first kappa shape index (κ1) is 34.5. The highest BCUT2D eigenvalue weighted by molar-refractivity contribution is 7.69. The van der Waals surface area contributed by atoms with Crippen LogP contribution in [0.15, 0.2) is 170 Å². The standard InChI is InChI=1S/C42H40O5P2/c1-5-17-35(18-6-1)48(36-19-7-2-8-20-36)46-34-32-44-30-29-43-31-33-45-41-27-15-13-25-39(41)40-26-14-16-28-42(40)47-49(37-21-9-3-10-22-37)38-23-11-4-12-24-38/h1-28H,29-34H2. The van der Waals surface area contributed by atoms with Crippen LogP contribution in [0.2, 0.25) is 0 Å². The molecule has 0 aliphatic rings. The zero-order valence-corrected chi connectivity index (χ0v) is 29.1. The molecule has 6 rings (SSSR count). The highest BCUT2D eigenvalue weighted by Gasteiger charge is 2.20. The Morgan fingerprint density at radius 1 is 0.327 bits per heavy atom. The summed E-state index contributed by atoms with van der Waals surface area (Å²) in [6.07, 6.45) is 0. The van der Waals surface area contributed by atoms with E-state index in [0.717, 1.165) is 33.2 Å². The van der Waals surface area contributed by atoms with E-state index in [1.54, 1.807) is 0 Å². The van der Waals surface area contributed by atoms with Gasteiger partial charge in [0.25, 0.3) is 0 Å². The molecule has 0 heterocycles. The van der Waals surface area contributed by atoms with Crippen molar-refractivity contribution in [1.29, 1.82) is 0 Å². The van der Waals surface area contributed by atoms with Crippen LogP contribution >= 0.6 is 16.3 Å². The lowest BCUT2D eigenvalue weighted by Crippen LogP contribution is -2.16. The number of hydrogen-bond acceptors (Lipinski definition) is 5. The maximum Gasteiger partial charge on any atom is 0.150 e. The first-order chi connectivity index (χ1) is 24.4. The summed E-state index contributed by atoms with van der Waals surface area (Å²) >= 11 is 0. The molecule has 0 aromatic heterocycles. The van der Waals surface area contributed by atoms with Crippen LogP contribution in [0, 0.1) is 0 Å². The third kappa shape index (κ3) is 10.1. The molecule has 0 aliphatic heterocycles. The van der Waals surface area contributed by atoms with Gasteiger partial charge in [0.05, 0.1) is 41.2 Å². The van der Waals surface area contributed by atoms with E-state index < -0.39 is 16.3 Å². The fourth-order valence-corrected chi connectivity index (χ4v) is 8.70. The quantitative estimate of drug-likeness (QED) is 0.0674. The van der Waals surface area contributed by atoms with Crippen LogP contribution in [-0.2, 0) is 14.0 Å². The van der Waals surface area contributed by atoms with Gasteiger partial charge in [-0.15, -0.1) is 0 Å². The van der Waals surface area contributed by atoms with Crippen molar-refractivity contribution in [2.45, 2.75) is 0 Å². The van der Waals surface area contributed by atoms with Crippen LogP contribution in [-0.4, -0.2) is 39.6 Å². The molecule has 0 spiro atoms. The highest BCUT2D eigenvalue weighted by atomic mass is 31.1. The Bertz CT molecular complexity index is 1730. The lowest BCUT2D eigenvalue weighted by Gasteiger charge is -2.22. The molecule has 0 N–H and O–H groups in total. The minimum Gasteiger partial charge on any atom is -0.491 e. The molecule has 0 unspecified atom stereocenters. The number of ether oxygens (including phenoxy) is 3. The molecule has 0 bridgehead atoms. The first-order valence-corrected chi connectivity index (χ1v) is 19.0. The third-order valence-electron chi connectivity index (χ3n) is 7.52. The SMILES string of the molecule is c1ccc(P(OCCOCCOCCOc2ccccc2-c2ccccc2OP(c2ccccc2)c2ccccc2)c2ccccc2)cc1. The second kappa shape index (κ2) is 19.0. The summed E-state index contributed by atoms with van der Waals surface area (Å²) in [7, 11) is -1.96. The van der Waals surface area contributed by atoms with Crippen molar-refractivity contribution in [2.75, 3.05) is 39.6 Å². The van der Waals surface area contributed by atoms with Gasteiger partial charge in [-0.2, -0.15) is 0 Å². The highest BCUT2D eigenvalue weighted by Crippen LogP contribution is 2.43. The summed E-state index contributed by atoms with van der Waals surface area (Å²) < 4.78 is 31.0. The average molecular weight is 687 g/mol. The molecule has 0 aliphatic carbocycles. The molecule has 7 heteroatoms. The van der Waals surface area contributed by atoms with Crippen molar-refractivity contribution < 1.29 is 23.3 Å². The lowest BCUT2D eigenvalue weighted by molar-refractivity contribution is 0.0287. The summed E-state index contributed by atoms with van der Waals surface area (Å²) in [6.45, 7) is 2.86. The number of benzene rings is 6. The van der Waals surface area contributed by atoms with Crippen LogP contribution in [0.3, 0.4) is 0 Å². The van der Waals surface area contributed by atoms with Gasteiger partial charge in [-0.3, -0.25) is 0 Å². The second-order valence-electron chi connectivity index (χ2n) is 10.9. The van der Waals surface area contributed by atoms with Crippen molar-refractivity contribution in [3.8, 4) is 22.6 Å². The van der Waals surface area contributed by atoms with E-state index in [9.17, 15) is 0 Å². The van der Waals surface area contributed by atoms with Crippen LogP contribution < -0.4 is 30.5 Å². The largest absolute Gasteiger partial charge is 0.491 e. The predicted octanol–water partition coefficient (Wildman–Crippen LogP) is 8.26. The smallest absolute Gasteiger partial charge is 0.150 e. The van der Waals surface area contributed by atoms with Gasteiger partial charge < -0.3 is 23.3 Å². The zero-order chi connectivity index (χ0) is 33.4. The summed E-state index contributed by atoms with van der Waals surface area (Å²) in [5, 5.41) is 4.69. The molecule has 6 aromatic rings. The van der Waals surface area contributed by atoms with Crippen molar-refractivity contribution in [3.05, 3.63) is 170 Å². The lowest BCUT2D eigenvalue weighted by atomic mass is 10.0. The molecule has 0 radical (unpaired) electrons. The summed E-state index contributed by atoms with van der Waals surface area (Å²) in [6, 6.07) is 57.8. The maximum atomic E-state index is 6.85. The second-order valence-corrected chi connectivity index (χ2v) is 14.6. The molecular weight excluding hydrogens is 646 g/mol. The van der Waals surface area contributed by atoms with E-state index in [4.69, 9.17) is 23.3 Å². The van der Waals surface area contributed by atoms with Gasteiger partial charge in [0.1, 0.15) is 18.1 Å². The van der Waals surface area contributed by atoms with E-state index in [2.05, 4.69) is 109 Å². The molecule has 0 saturated carbocycles. The molecule has 0 amide bonds. The Labute approximate surface area is 292 Å². The molecule has 0 fully saturated rings. The van der Waals surface area contributed by atoms with Gasteiger partial charge in [-0.25, -0.2) is 0 Å². The Morgan fingerprint density at radius 2 is 0.694 bits per heavy atom. The van der Waals surface area contributed by atoms with Crippen molar-refractivity contribution in [1.82, 2.24) is 0 Å². The van der Waals surface area contributed by atoms with Crippen LogP contribution in [0.25, 0.3) is 11.1 Å². The van der Waals surface area contributed by atoms with Gasteiger partial charge in [0.15, 0.2) is 8.15 Å². The summed E-state index contributed by atoms with van der Waals surface area (Å²) in [5.74, 6) is 1.60. The van der Waals surface area contributed by atoms with Gasteiger partial charge in [0, 0.05) is 32.3 Å². The molecule has 6 aromatic carbocycles. The van der Waals surface area contributed by atoms with E-state index in [1.807, 2.05) is 60.7 Å². The normalized spacial score (nSPS) is 11.1. The molecule has 49 heavy (non-hydrogen) atoms. The number of rotatable bonds is 18. The van der Waals surface area contributed by atoms with Crippen molar-refractivity contribution >= 4 is 37.5 Å². The molecular formula is C42H40O5P2. The van der Waals surface area contributed by atoms with Crippen LogP contribution in [0.1, 0.15) is 0 Å². The zero-order valence-electron chi connectivity index (χ0n) is 27.3. The number of hydrogen-bond donors (Lipinski definition) is 0. The Balaban J connectivity index is 0.980. The van der Waals surface area contributed by atoms with E-state index in [1.165, 1.54) is 10.6 Å². The molecule has 0 saturated heterocycles. The fraction of sp³-hybridized carbons (Fsp3) is 0.143. The predicted molar refractivity (Wildman–Crippen MR) is 204 cm³/mol. The van der Waals surface area contributed by atoms with E-state index in [0.29, 0.717) is 39.6 Å². The van der Waals surface area contributed by atoms with E-state index >= 15 is 0 Å². The van der Waals surface area contributed by atoms with Crippen LogP contribution in [0.4, 0.5) is 0 Å². The number of para-hydroxylation sites is 2. The molecule has 5 nitrogen and oxygen atoms in total. The minimum atomic E-state index is -1.07.